The highest BCUT2D eigenvalue weighted by Gasteiger charge is 2.14. The molecule has 0 spiro atoms. The minimum absolute atomic E-state index is 0.0908. The third-order valence-electron chi connectivity index (χ3n) is 2.08. The number of hydrogen-bond donors (Lipinski definition) is 1. The van der Waals surface area contributed by atoms with Crippen LogP contribution in [0, 0.1) is 0 Å². The van der Waals surface area contributed by atoms with Crippen molar-refractivity contribution in [2.24, 2.45) is 0 Å². The number of halogens is 3. The molecule has 7 heteroatoms. The number of aliphatic carboxylic acids is 1. The molecule has 0 aromatic heterocycles. The fraction of sp³-hybridized carbons (Fsp3) is 0.364. The molecular weight excluding hydrogens is 270 g/mol. The highest BCUT2D eigenvalue weighted by atomic mass is 35.5. The summed E-state index contributed by atoms with van der Waals surface area (Å²) in [5, 5.41) is 8.94. The number of carboxylic acids is 1. The summed E-state index contributed by atoms with van der Waals surface area (Å²) < 4.78 is 33.5. The van der Waals surface area contributed by atoms with Gasteiger partial charge in [-0.25, -0.2) is 4.79 Å². The Kier molecular flexibility index (Phi) is 5.30. The molecule has 0 heterocycles. The molecule has 0 radical (unpaired) electrons. The predicted molar refractivity (Wildman–Crippen MR) is 60.0 cm³/mol. The second-order valence-electron chi connectivity index (χ2n) is 3.42. The van der Waals surface area contributed by atoms with E-state index in [1.165, 1.54) is 25.1 Å². The van der Waals surface area contributed by atoms with Crippen molar-refractivity contribution in [3.05, 3.63) is 28.8 Å². The summed E-state index contributed by atoms with van der Waals surface area (Å²) in [6, 6.07) is 4.05. The molecular formula is C11H11ClF2O4. The number of hydrogen-bond acceptors (Lipinski definition) is 3. The standard InChI is InChI=1S/C11H11ClF2O4/c1-6(10(15)16)17-5-7-4-8(12)2-3-9(7)18-11(13)14/h2-4,6,11H,5H2,1H3,(H,15,16)/t6-/m1/s1. The highest BCUT2D eigenvalue weighted by Crippen LogP contribution is 2.25. The zero-order chi connectivity index (χ0) is 13.7. The molecule has 0 aliphatic carbocycles. The second-order valence-corrected chi connectivity index (χ2v) is 3.86. The van der Waals surface area contributed by atoms with Crippen LogP contribution in [0.4, 0.5) is 8.78 Å². The maximum absolute atomic E-state index is 12.1. The average Bonchev–Trinajstić information content (AvgIpc) is 2.28. The van der Waals surface area contributed by atoms with Gasteiger partial charge in [0.05, 0.1) is 6.61 Å². The van der Waals surface area contributed by atoms with E-state index in [0.717, 1.165) is 0 Å². The molecule has 0 unspecified atom stereocenters. The van der Waals surface area contributed by atoms with Crippen LogP contribution in [0.3, 0.4) is 0 Å². The quantitative estimate of drug-likeness (QED) is 0.870. The first-order valence-electron chi connectivity index (χ1n) is 4.97. The van der Waals surface area contributed by atoms with Crippen molar-refractivity contribution in [1.29, 1.82) is 0 Å². The predicted octanol–water partition coefficient (Wildman–Crippen LogP) is 2.93. The zero-order valence-corrected chi connectivity index (χ0v) is 10.2. The van der Waals surface area contributed by atoms with Crippen LogP contribution in [-0.2, 0) is 16.1 Å². The van der Waals surface area contributed by atoms with Gasteiger partial charge >= 0.3 is 12.6 Å². The van der Waals surface area contributed by atoms with Gasteiger partial charge in [0, 0.05) is 10.6 Å². The van der Waals surface area contributed by atoms with Crippen LogP contribution in [-0.4, -0.2) is 23.8 Å². The molecule has 1 aromatic carbocycles. The fourth-order valence-electron chi connectivity index (χ4n) is 1.16. The Morgan fingerprint density at radius 1 is 1.50 bits per heavy atom. The lowest BCUT2D eigenvalue weighted by atomic mass is 10.2. The van der Waals surface area contributed by atoms with Gasteiger partial charge in [0.15, 0.2) is 6.10 Å². The first-order chi connectivity index (χ1) is 8.40. The second kappa shape index (κ2) is 6.51. The van der Waals surface area contributed by atoms with Gasteiger partial charge in [0.2, 0.25) is 0 Å². The Labute approximate surface area is 107 Å². The summed E-state index contributed by atoms with van der Waals surface area (Å²) >= 11 is 5.72. The van der Waals surface area contributed by atoms with Crippen LogP contribution in [0.1, 0.15) is 12.5 Å². The van der Waals surface area contributed by atoms with E-state index in [1.54, 1.807) is 0 Å². The number of rotatable bonds is 6. The van der Waals surface area contributed by atoms with E-state index in [9.17, 15) is 13.6 Å². The number of benzene rings is 1. The molecule has 0 amide bonds. The molecule has 0 aliphatic heterocycles. The molecule has 0 saturated heterocycles. The fourth-order valence-corrected chi connectivity index (χ4v) is 1.35. The first kappa shape index (κ1) is 14.7. The van der Waals surface area contributed by atoms with Gasteiger partial charge in [-0.1, -0.05) is 11.6 Å². The van der Waals surface area contributed by atoms with Crippen molar-refractivity contribution in [1.82, 2.24) is 0 Å². The van der Waals surface area contributed by atoms with E-state index in [4.69, 9.17) is 21.4 Å². The Morgan fingerprint density at radius 3 is 2.72 bits per heavy atom. The minimum Gasteiger partial charge on any atom is -0.479 e. The van der Waals surface area contributed by atoms with E-state index in [2.05, 4.69) is 4.74 Å². The van der Waals surface area contributed by atoms with Crippen LogP contribution >= 0.6 is 11.6 Å². The molecule has 1 aromatic rings. The number of carbonyl (C=O) groups is 1. The van der Waals surface area contributed by atoms with Crippen LogP contribution in [0.5, 0.6) is 5.75 Å². The van der Waals surface area contributed by atoms with Crippen molar-refractivity contribution >= 4 is 17.6 Å². The molecule has 1 N–H and O–H groups in total. The van der Waals surface area contributed by atoms with Gasteiger partial charge in [0.25, 0.3) is 0 Å². The molecule has 0 bridgehead atoms. The molecule has 0 saturated carbocycles. The number of ether oxygens (including phenoxy) is 2. The van der Waals surface area contributed by atoms with Crippen molar-refractivity contribution in [3.8, 4) is 5.75 Å². The summed E-state index contributed by atoms with van der Waals surface area (Å²) in [4.78, 5) is 10.5. The molecule has 0 aliphatic rings. The first-order valence-corrected chi connectivity index (χ1v) is 5.35. The molecule has 0 fully saturated rings. The Morgan fingerprint density at radius 2 is 2.17 bits per heavy atom. The van der Waals surface area contributed by atoms with E-state index in [1.807, 2.05) is 0 Å². The minimum atomic E-state index is -2.97. The van der Waals surface area contributed by atoms with E-state index in [-0.39, 0.29) is 17.9 Å². The topological polar surface area (TPSA) is 55.8 Å². The van der Waals surface area contributed by atoms with E-state index < -0.39 is 18.7 Å². The zero-order valence-electron chi connectivity index (χ0n) is 9.40. The van der Waals surface area contributed by atoms with E-state index in [0.29, 0.717) is 5.02 Å². The van der Waals surface area contributed by atoms with Gasteiger partial charge < -0.3 is 14.6 Å². The maximum atomic E-state index is 12.1. The van der Waals surface area contributed by atoms with Crippen LogP contribution in [0.15, 0.2) is 18.2 Å². The third kappa shape index (κ3) is 4.46. The lowest BCUT2D eigenvalue weighted by molar-refractivity contribution is -0.150. The average molecular weight is 281 g/mol. The number of carboxylic acid groups (broad SMARTS) is 1. The smallest absolute Gasteiger partial charge is 0.387 e. The lowest BCUT2D eigenvalue weighted by Crippen LogP contribution is -2.19. The van der Waals surface area contributed by atoms with Crippen molar-refractivity contribution < 1.29 is 28.2 Å². The van der Waals surface area contributed by atoms with Crippen molar-refractivity contribution in [3.63, 3.8) is 0 Å². The van der Waals surface area contributed by atoms with E-state index >= 15 is 0 Å². The molecule has 100 valence electrons. The van der Waals surface area contributed by atoms with Crippen LogP contribution < -0.4 is 4.74 Å². The molecule has 1 rings (SSSR count). The van der Waals surface area contributed by atoms with Crippen molar-refractivity contribution in [2.45, 2.75) is 26.2 Å². The molecule has 4 nitrogen and oxygen atoms in total. The monoisotopic (exact) mass is 280 g/mol. The van der Waals surface area contributed by atoms with Gasteiger partial charge in [-0.05, 0) is 25.1 Å². The summed E-state index contributed by atoms with van der Waals surface area (Å²) in [6.07, 6.45) is -1.05. The summed E-state index contributed by atoms with van der Waals surface area (Å²) in [6.45, 7) is -1.82. The van der Waals surface area contributed by atoms with Gasteiger partial charge in [-0.15, -0.1) is 0 Å². The van der Waals surface area contributed by atoms with Gasteiger partial charge in [-0.2, -0.15) is 8.78 Å². The summed E-state index contributed by atoms with van der Waals surface area (Å²) in [5.41, 5.74) is 0.260. The normalized spacial score (nSPS) is 12.5. The van der Waals surface area contributed by atoms with Gasteiger partial charge in [-0.3, -0.25) is 0 Å². The van der Waals surface area contributed by atoms with Crippen molar-refractivity contribution in [2.75, 3.05) is 0 Å². The Balaban J connectivity index is 2.78. The largest absolute Gasteiger partial charge is 0.479 e. The van der Waals surface area contributed by atoms with Crippen LogP contribution in [0.2, 0.25) is 5.02 Å². The third-order valence-corrected chi connectivity index (χ3v) is 2.31. The Bertz CT molecular complexity index is 426. The molecule has 18 heavy (non-hydrogen) atoms. The maximum Gasteiger partial charge on any atom is 0.387 e. The molecule has 1 atom stereocenters. The SMILES string of the molecule is C[C@@H](OCc1cc(Cl)ccc1OC(F)F)C(=O)O. The van der Waals surface area contributed by atoms with Gasteiger partial charge in [0.1, 0.15) is 5.75 Å². The summed E-state index contributed by atoms with van der Waals surface area (Å²) in [5.74, 6) is -1.24. The highest BCUT2D eigenvalue weighted by molar-refractivity contribution is 6.30. The Hall–Kier alpha value is -1.40. The lowest BCUT2D eigenvalue weighted by Gasteiger charge is -2.13. The van der Waals surface area contributed by atoms with Crippen LogP contribution in [0.25, 0.3) is 0 Å². The summed E-state index contributed by atoms with van der Waals surface area (Å²) in [7, 11) is 0. The number of alkyl halides is 2.